The molecule has 0 fully saturated rings. The number of nitrogen functional groups attached to an aromatic ring is 1. The van der Waals surface area contributed by atoms with Gasteiger partial charge >= 0.3 is 5.97 Å². The van der Waals surface area contributed by atoms with E-state index in [0.29, 0.717) is 23.5 Å². The predicted octanol–water partition coefficient (Wildman–Crippen LogP) is 2.70. The van der Waals surface area contributed by atoms with Crippen molar-refractivity contribution >= 4 is 23.3 Å². The van der Waals surface area contributed by atoms with Crippen LogP contribution in [0.15, 0.2) is 30.5 Å². The molecule has 0 aliphatic carbocycles. The fourth-order valence-corrected chi connectivity index (χ4v) is 1.89. The van der Waals surface area contributed by atoms with E-state index in [9.17, 15) is 9.18 Å². The highest BCUT2D eigenvalue weighted by Crippen LogP contribution is 2.18. The summed E-state index contributed by atoms with van der Waals surface area (Å²) < 4.78 is 19.6. The second kappa shape index (κ2) is 5.32. The molecule has 2 N–H and O–H groups in total. The molecule has 100 valence electrons. The molecule has 0 saturated carbocycles. The molecule has 2 rings (SSSR count). The summed E-state index contributed by atoms with van der Waals surface area (Å²) >= 11 is 5.62. The molecule has 0 saturated heterocycles. The molecule has 1 aromatic heterocycles. The molecule has 19 heavy (non-hydrogen) atoms. The number of hydrogen-bond donors (Lipinski definition) is 1. The second-order valence-corrected chi connectivity index (χ2v) is 4.43. The maximum Gasteiger partial charge on any atom is 0.354 e. The first-order chi connectivity index (χ1) is 9.01. The number of methoxy groups -OCH3 is 1. The first-order valence-electron chi connectivity index (χ1n) is 5.49. The van der Waals surface area contributed by atoms with Crippen LogP contribution in [0.25, 0.3) is 0 Å². The van der Waals surface area contributed by atoms with E-state index >= 15 is 0 Å². The molecule has 0 spiro atoms. The Kier molecular flexibility index (Phi) is 3.76. The van der Waals surface area contributed by atoms with Crippen molar-refractivity contribution in [2.45, 2.75) is 6.54 Å². The summed E-state index contributed by atoms with van der Waals surface area (Å²) in [6.07, 6.45) is 1.60. The molecule has 0 unspecified atom stereocenters. The Hall–Kier alpha value is -2.01. The van der Waals surface area contributed by atoms with Gasteiger partial charge in [-0.3, -0.25) is 0 Å². The van der Waals surface area contributed by atoms with Crippen molar-refractivity contribution in [3.8, 4) is 0 Å². The Balaban J connectivity index is 2.32. The summed E-state index contributed by atoms with van der Waals surface area (Å²) in [5, 5.41) is 0.0592. The van der Waals surface area contributed by atoms with E-state index in [-0.39, 0.29) is 5.02 Å². The van der Waals surface area contributed by atoms with Gasteiger partial charge in [0, 0.05) is 12.7 Å². The van der Waals surface area contributed by atoms with E-state index in [1.165, 1.54) is 25.3 Å². The maximum atomic E-state index is 13.4. The van der Waals surface area contributed by atoms with Crippen molar-refractivity contribution < 1.29 is 13.9 Å². The largest absolute Gasteiger partial charge is 0.464 e. The minimum atomic E-state index is -0.501. The Morgan fingerprint density at radius 1 is 1.47 bits per heavy atom. The average molecular weight is 283 g/mol. The number of nitrogens with zero attached hydrogens (tertiary/aromatic N) is 1. The smallest absolute Gasteiger partial charge is 0.354 e. The molecule has 0 amide bonds. The third-order valence-corrected chi connectivity index (χ3v) is 2.96. The van der Waals surface area contributed by atoms with Crippen molar-refractivity contribution in [2.75, 3.05) is 12.8 Å². The number of ether oxygens (including phenoxy) is 1. The second-order valence-electron chi connectivity index (χ2n) is 4.03. The molecule has 0 aliphatic rings. The van der Waals surface area contributed by atoms with Gasteiger partial charge in [0.1, 0.15) is 11.5 Å². The van der Waals surface area contributed by atoms with Crippen molar-refractivity contribution in [1.29, 1.82) is 0 Å². The van der Waals surface area contributed by atoms with Crippen LogP contribution in [0.2, 0.25) is 5.02 Å². The molecule has 0 radical (unpaired) electrons. The SMILES string of the molecule is COC(=O)c1cc(N)cn1Cc1ccc(Cl)c(F)c1. The van der Waals surface area contributed by atoms with Crippen LogP contribution in [-0.2, 0) is 11.3 Å². The van der Waals surface area contributed by atoms with Crippen LogP contribution in [0.3, 0.4) is 0 Å². The number of rotatable bonds is 3. The monoisotopic (exact) mass is 282 g/mol. The van der Waals surface area contributed by atoms with E-state index < -0.39 is 11.8 Å². The molecule has 1 aromatic carbocycles. The number of benzene rings is 1. The Morgan fingerprint density at radius 2 is 2.21 bits per heavy atom. The lowest BCUT2D eigenvalue weighted by Crippen LogP contribution is -2.10. The molecule has 0 bridgehead atoms. The lowest BCUT2D eigenvalue weighted by molar-refractivity contribution is 0.0589. The van der Waals surface area contributed by atoms with E-state index in [4.69, 9.17) is 17.3 Å². The van der Waals surface area contributed by atoms with E-state index in [1.807, 2.05) is 0 Å². The molecule has 0 atom stereocenters. The van der Waals surface area contributed by atoms with Gasteiger partial charge in [0.25, 0.3) is 0 Å². The maximum absolute atomic E-state index is 13.4. The highest BCUT2D eigenvalue weighted by Gasteiger charge is 2.13. The van der Waals surface area contributed by atoms with Gasteiger partial charge in [0.2, 0.25) is 0 Å². The fraction of sp³-hybridized carbons (Fsp3) is 0.154. The lowest BCUT2D eigenvalue weighted by Gasteiger charge is -2.08. The summed E-state index contributed by atoms with van der Waals surface area (Å²) in [5.41, 5.74) is 7.08. The minimum absolute atomic E-state index is 0.0592. The zero-order valence-corrected chi connectivity index (χ0v) is 10.9. The first-order valence-corrected chi connectivity index (χ1v) is 5.87. The van der Waals surface area contributed by atoms with Gasteiger partial charge < -0.3 is 15.0 Å². The minimum Gasteiger partial charge on any atom is -0.464 e. The first kappa shape index (κ1) is 13.4. The zero-order chi connectivity index (χ0) is 14.0. The van der Waals surface area contributed by atoms with Crippen LogP contribution in [-0.4, -0.2) is 17.6 Å². The van der Waals surface area contributed by atoms with E-state index in [2.05, 4.69) is 4.74 Å². The molecular formula is C13H12ClFN2O2. The van der Waals surface area contributed by atoms with E-state index in [0.717, 1.165) is 0 Å². The molecule has 4 nitrogen and oxygen atoms in total. The third kappa shape index (κ3) is 2.88. The lowest BCUT2D eigenvalue weighted by atomic mass is 10.2. The van der Waals surface area contributed by atoms with Crippen LogP contribution in [0.1, 0.15) is 16.1 Å². The summed E-state index contributed by atoms with van der Waals surface area (Å²) in [6, 6.07) is 5.98. The van der Waals surface area contributed by atoms with Crippen LogP contribution >= 0.6 is 11.6 Å². The number of carbonyl (C=O) groups excluding carboxylic acids is 1. The summed E-state index contributed by atoms with van der Waals surface area (Å²) in [7, 11) is 1.29. The van der Waals surface area contributed by atoms with E-state index in [1.54, 1.807) is 16.8 Å². The Bertz CT molecular complexity index is 625. The highest BCUT2D eigenvalue weighted by molar-refractivity contribution is 6.30. The van der Waals surface area contributed by atoms with Gasteiger partial charge in [0.15, 0.2) is 0 Å². The van der Waals surface area contributed by atoms with Crippen molar-refractivity contribution in [3.63, 3.8) is 0 Å². The predicted molar refractivity (Wildman–Crippen MR) is 70.7 cm³/mol. The van der Waals surface area contributed by atoms with Gasteiger partial charge in [-0.1, -0.05) is 17.7 Å². The van der Waals surface area contributed by atoms with Crippen LogP contribution < -0.4 is 5.73 Å². The number of aromatic nitrogens is 1. The topological polar surface area (TPSA) is 57.2 Å². The van der Waals surface area contributed by atoms with Crippen LogP contribution in [0.5, 0.6) is 0 Å². The van der Waals surface area contributed by atoms with Crippen molar-refractivity contribution in [2.24, 2.45) is 0 Å². The number of anilines is 1. The number of nitrogens with two attached hydrogens (primary N) is 1. The third-order valence-electron chi connectivity index (χ3n) is 2.65. The molecular weight excluding hydrogens is 271 g/mol. The van der Waals surface area contributed by atoms with Crippen molar-refractivity contribution in [3.05, 3.63) is 52.6 Å². The van der Waals surface area contributed by atoms with Gasteiger partial charge in [-0.15, -0.1) is 0 Å². The average Bonchev–Trinajstić information content (AvgIpc) is 2.74. The summed E-state index contributed by atoms with van der Waals surface area (Å²) in [6.45, 7) is 0.301. The normalized spacial score (nSPS) is 10.5. The standard InChI is InChI=1S/C13H12ClFN2O2/c1-19-13(18)12-5-9(16)7-17(12)6-8-2-3-10(14)11(15)4-8/h2-5,7H,6,16H2,1H3. The van der Waals surface area contributed by atoms with Gasteiger partial charge in [-0.2, -0.15) is 0 Å². The fourth-order valence-electron chi connectivity index (χ4n) is 1.77. The molecule has 0 aliphatic heterocycles. The summed E-state index contributed by atoms with van der Waals surface area (Å²) in [5.74, 6) is -0.995. The Labute approximate surface area is 114 Å². The molecule has 6 heteroatoms. The van der Waals surface area contributed by atoms with Crippen LogP contribution in [0, 0.1) is 5.82 Å². The van der Waals surface area contributed by atoms with Gasteiger partial charge in [0.05, 0.1) is 17.8 Å². The van der Waals surface area contributed by atoms with Crippen LogP contribution in [0.4, 0.5) is 10.1 Å². The number of carbonyl (C=O) groups is 1. The quantitative estimate of drug-likeness (QED) is 0.881. The number of hydrogen-bond acceptors (Lipinski definition) is 3. The number of halogens is 2. The zero-order valence-electron chi connectivity index (χ0n) is 10.2. The number of esters is 1. The van der Waals surface area contributed by atoms with Gasteiger partial charge in [-0.05, 0) is 23.8 Å². The molecule has 2 aromatic rings. The van der Waals surface area contributed by atoms with Gasteiger partial charge in [-0.25, -0.2) is 9.18 Å². The van der Waals surface area contributed by atoms with Crippen molar-refractivity contribution in [1.82, 2.24) is 4.57 Å². The Morgan fingerprint density at radius 3 is 2.84 bits per heavy atom. The highest BCUT2D eigenvalue weighted by atomic mass is 35.5. The molecule has 1 heterocycles. The summed E-state index contributed by atoms with van der Waals surface area (Å²) in [4.78, 5) is 11.6.